The summed E-state index contributed by atoms with van der Waals surface area (Å²) >= 11 is 0. The zero-order valence-electron chi connectivity index (χ0n) is 11.3. The number of alkyl halides is 3. The van der Waals surface area contributed by atoms with E-state index in [0.717, 1.165) is 4.90 Å². The van der Waals surface area contributed by atoms with Crippen LogP contribution in [0.1, 0.15) is 12.5 Å². The summed E-state index contributed by atoms with van der Waals surface area (Å²) < 4.78 is 38.2. The van der Waals surface area contributed by atoms with Gasteiger partial charge in [-0.15, -0.1) is 0 Å². The molecule has 0 radical (unpaired) electrons. The van der Waals surface area contributed by atoms with Crippen molar-refractivity contribution in [2.24, 2.45) is 0 Å². The Morgan fingerprint density at radius 1 is 1.18 bits per heavy atom. The van der Waals surface area contributed by atoms with E-state index in [9.17, 15) is 33.4 Å². The molecule has 0 spiro atoms. The third-order valence-electron chi connectivity index (χ3n) is 2.86. The monoisotopic (exact) mass is 323 g/mol. The third kappa shape index (κ3) is 3.61. The van der Waals surface area contributed by atoms with Gasteiger partial charge in [0.25, 0.3) is 11.4 Å². The first-order valence-electron chi connectivity index (χ1n) is 6.03. The molecule has 0 unspecified atom stereocenters. The molecule has 0 aliphatic carbocycles. The molecule has 0 aliphatic rings. The Kier molecular flexibility index (Phi) is 5.25. The lowest BCUT2D eigenvalue weighted by atomic mass is 10.1. The summed E-state index contributed by atoms with van der Waals surface area (Å²) in [5.74, 6) is 0. The van der Waals surface area contributed by atoms with Crippen LogP contribution in [0.2, 0.25) is 0 Å². The van der Waals surface area contributed by atoms with Gasteiger partial charge >= 0.3 is 6.18 Å². The van der Waals surface area contributed by atoms with Crippen LogP contribution in [0.3, 0.4) is 0 Å². The predicted octanol–water partition coefficient (Wildman–Crippen LogP) is 2.34. The van der Waals surface area contributed by atoms with Gasteiger partial charge in [-0.1, -0.05) is 0 Å². The lowest BCUT2D eigenvalue weighted by Gasteiger charge is -2.22. The first-order valence-corrected chi connectivity index (χ1v) is 6.03. The van der Waals surface area contributed by atoms with Crippen molar-refractivity contribution in [3.05, 3.63) is 37.9 Å². The normalized spacial score (nSPS) is 11.3. The van der Waals surface area contributed by atoms with Crippen molar-refractivity contribution in [1.29, 1.82) is 0 Å². The van der Waals surface area contributed by atoms with Gasteiger partial charge in [-0.05, 0) is 6.92 Å². The lowest BCUT2D eigenvalue weighted by Crippen LogP contribution is -2.28. The molecule has 0 heterocycles. The Balaban J connectivity index is 3.71. The number of nitrogens with zero attached hydrogens (tertiary/aromatic N) is 3. The SMILES string of the molecule is CCN(CCO)c1c([N+](=O)[O-])cc(C(F)(F)F)cc1[N+](=O)[O-]. The van der Waals surface area contributed by atoms with Gasteiger partial charge in [0.05, 0.1) is 22.0 Å². The van der Waals surface area contributed by atoms with Crippen LogP contribution in [-0.4, -0.2) is 34.6 Å². The van der Waals surface area contributed by atoms with Crippen molar-refractivity contribution < 1.29 is 28.1 Å². The molecule has 22 heavy (non-hydrogen) atoms. The summed E-state index contributed by atoms with van der Waals surface area (Å²) in [5.41, 5.74) is -4.09. The lowest BCUT2D eigenvalue weighted by molar-refractivity contribution is -0.393. The number of hydrogen-bond acceptors (Lipinski definition) is 6. The molecular formula is C11H12F3N3O5. The van der Waals surface area contributed by atoms with E-state index in [4.69, 9.17) is 5.11 Å². The van der Waals surface area contributed by atoms with Crippen molar-refractivity contribution in [2.45, 2.75) is 13.1 Å². The maximum absolute atomic E-state index is 12.7. The number of likely N-dealkylation sites (N-methyl/N-ethyl adjacent to an activating group) is 1. The molecule has 122 valence electrons. The van der Waals surface area contributed by atoms with Gasteiger partial charge in [-0.2, -0.15) is 13.2 Å². The zero-order valence-corrected chi connectivity index (χ0v) is 11.3. The summed E-state index contributed by atoms with van der Waals surface area (Å²) in [6.45, 7) is 0.876. The molecular weight excluding hydrogens is 311 g/mol. The summed E-state index contributed by atoms with van der Waals surface area (Å²) in [6, 6.07) is 0.505. The highest BCUT2D eigenvalue weighted by atomic mass is 19.4. The molecule has 0 aliphatic heterocycles. The summed E-state index contributed by atoms with van der Waals surface area (Å²) in [7, 11) is 0. The van der Waals surface area contributed by atoms with Crippen LogP contribution in [0, 0.1) is 20.2 Å². The van der Waals surface area contributed by atoms with E-state index in [1.807, 2.05) is 0 Å². The summed E-state index contributed by atoms with van der Waals surface area (Å²) in [5, 5.41) is 31.0. The number of anilines is 1. The van der Waals surface area contributed by atoms with Gasteiger partial charge < -0.3 is 10.0 Å². The van der Waals surface area contributed by atoms with Crippen molar-refractivity contribution in [1.82, 2.24) is 0 Å². The van der Waals surface area contributed by atoms with Crippen LogP contribution < -0.4 is 4.90 Å². The van der Waals surface area contributed by atoms with Crippen LogP contribution in [-0.2, 0) is 6.18 Å². The van der Waals surface area contributed by atoms with E-state index in [-0.39, 0.29) is 25.2 Å². The molecule has 11 heteroatoms. The fourth-order valence-corrected chi connectivity index (χ4v) is 1.92. The number of rotatable bonds is 6. The quantitative estimate of drug-likeness (QED) is 0.635. The number of nitro benzene ring substituents is 2. The molecule has 0 saturated heterocycles. The van der Waals surface area contributed by atoms with E-state index >= 15 is 0 Å². The summed E-state index contributed by atoms with van der Waals surface area (Å²) in [6.07, 6.45) is -4.96. The highest BCUT2D eigenvalue weighted by molar-refractivity contribution is 5.76. The molecule has 1 N–H and O–H groups in total. The number of hydrogen-bond donors (Lipinski definition) is 1. The van der Waals surface area contributed by atoms with Gasteiger partial charge in [-0.3, -0.25) is 20.2 Å². The van der Waals surface area contributed by atoms with E-state index in [1.54, 1.807) is 0 Å². The van der Waals surface area contributed by atoms with Crippen molar-refractivity contribution >= 4 is 17.1 Å². The minimum Gasteiger partial charge on any atom is -0.395 e. The van der Waals surface area contributed by atoms with Crippen LogP contribution in [0.4, 0.5) is 30.2 Å². The Hall–Kier alpha value is -2.43. The molecule has 0 bridgehead atoms. The highest BCUT2D eigenvalue weighted by Gasteiger charge is 2.38. The second-order valence-electron chi connectivity index (χ2n) is 4.18. The highest BCUT2D eigenvalue weighted by Crippen LogP contribution is 2.42. The number of benzene rings is 1. The Morgan fingerprint density at radius 2 is 1.64 bits per heavy atom. The second kappa shape index (κ2) is 6.56. The minimum atomic E-state index is -4.96. The Bertz CT molecular complexity index is 556. The standard InChI is InChI=1S/C11H12F3N3O5/c1-2-15(3-4-18)10-8(16(19)20)5-7(11(12,13)14)6-9(10)17(21)22/h5-6,18H,2-4H2,1H3. The number of halogens is 3. The van der Waals surface area contributed by atoms with Gasteiger partial charge in [0.1, 0.15) is 0 Å². The summed E-state index contributed by atoms with van der Waals surface area (Å²) in [4.78, 5) is 20.9. The number of nitro groups is 2. The number of aliphatic hydroxyl groups is 1. The van der Waals surface area contributed by atoms with E-state index in [2.05, 4.69) is 0 Å². The largest absolute Gasteiger partial charge is 0.416 e. The first-order chi connectivity index (χ1) is 10.1. The van der Waals surface area contributed by atoms with Gasteiger partial charge in [-0.25, -0.2) is 0 Å². The minimum absolute atomic E-state index is 0.0353. The maximum atomic E-state index is 12.7. The second-order valence-corrected chi connectivity index (χ2v) is 4.18. The predicted molar refractivity (Wildman–Crippen MR) is 69.7 cm³/mol. The van der Waals surface area contributed by atoms with Crippen molar-refractivity contribution in [3.63, 3.8) is 0 Å². The number of aliphatic hydroxyl groups excluding tert-OH is 1. The van der Waals surface area contributed by atoms with Gasteiger partial charge in [0.15, 0.2) is 5.69 Å². The van der Waals surface area contributed by atoms with Gasteiger partial charge in [0, 0.05) is 25.2 Å². The zero-order chi connectivity index (χ0) is 17.1. The van der Waals surface area contributed by atoms with Crippen LogP contribution in [0.15, 0.2) is 12.1 Å². The fraction of sp³-hybridized carbons (Fsp3) is 0.455. The smallest absolute Gasteiger partial charge is 0.395 e. The molecule has 0 aromatic heterocycles. The van der Waals surface area contributed by atoms with Crippen LogP contribution in [0.5, 0.6) is 0 Å². The molecule has 0 saturated carbocycles. The van der Waals surface area contributed by atoms with Crippen LogP contribution >= 0.6 is 0 Å². The van der Waals surface area contributed by atoms with E-state index < -0.39 is 45.3 Å². The van der Waals surface area contributed by atoms with Gasteiger partial charge in [0.2, 0.25) is 0 Å². The third-order valence-corrected chi connectivity index (χ3v) is 2.86. The Labute approximate surface area is 122 Å². The fourth-order valence-electron chi connectivity index (χ4n) is 1.92. The van der Waals surface area contributed by atoms with Crippen LogP contribution in [0.25, 0.3) is 0 Å². The van der Waals surface area contributed by atoms with E-state index in [1.165, 1.54) is 6.92 Å². The Morgan fingerprint density at radius 3 is 1.91 bits per heavy atom. The van der Waals surface area contributed by atoms with Crippen molar-refractivity contribution in [2.75, 3.05) is 24.6 Å². The average Bonchev–Trinajstić information content (AvgIpc) is 2.42. The molecule has 8 nitrogen and oxygen atoms in total. The van der Waals surface area contributed by atoms with Crippen molar-refractivity contribution in [3.8, 4) is 0 Å². The molecule has 1 aromatic rings. The molecule has 1 rings (SSSR count). The average molecular weight is 323 g/mol. The molecule has 0 amide bonds. The topological polar surface area (TPSA) is 110 Å². The first kappa shape index (κ1) is 17.6. The molecule has 1 aromatic carbocycles. The molecule has 0 fully saturated rings. The maximum Gasteiger partial charge on any atom is 0.416 e. The molecule has 0 atom stereocenters. The van der Waals surface area contributed by atoms with E-state index in [0.29, 0.717) is 0 Å².